The standard InChI is InChI=1S/C11H13F3N2O4S3/c12-11(13,14)21-8-1-3-9(4-2-8)23(19,20)16-6-5-10(7-16)22(15,17)18/h1-4,10H,5-7H2,(H2,15,17,18)/t10-/m1/s1. The first-order valence-electron chi connectivity index (χ1n) is 6.27. The van der Waals surface area contributed by atoms with Gasteiger partial charge in [0.05, 0.1) is 10.1 Å². The topological polar surface area (TPSA) is 97.5 Å². The van der Waals surface area contributed by atoms with E-state index >= 15 is 0 Å². The Morgan fingerprint density at radius 1 is 1.13 bits per heavy atom. The average Bonchev–Trinajstić information content (AvgIpc) is 2.87. The molecule has 0 bridgehead atoms. The van der Waals surface area contributed by atoms with E-state index in [2.05, 4.69) is 0 Å². The first-order chi connectivity index (χ1) is 10.4. The molecule has 23 heavy (non-hydrogen) atoms. The van der Waals surface area contributed by atoms with Crippen LogP contribution in [0.15, 0.2) is 34.1 Å². The molecule has 1 heterocycles. The SMILES string of the molecule is NS(=O)(=O)[C@@H]1CCN(S(=O)(=O)c2ccc(SC(F)(F)F)cc2)C1. The van der Waals surface area contributed by atoms with Gasteiger partial charge in [0, 0.05) is 18.0 Å². The number of hydrogen-bond acceptors (Lipinski definition) is 5. The summed E-state index contributed by atoms with van der Waals surface area (Å²) in [5.74, 6) is 0. The van der Waals surface area contributed by atoms with Crippen LogP contribution in [0.4, 0.5) is 13.2 Å². The highest BCUT2D eigenvalue weighted by atomic mass is 32.2. The smallest absolute Gasteiger partial charge is 0.228 e. The Balaban J connectivity index is 2.18. The molecule has 1 atom stereocenters. The molecule has 1 aromatic carbocycles. The van der Waals surface area contributed by atoms with Crippen LogP contribution in [-0.4, -0.2) is 45.0 Å². The molecule has 6 nitrogen and oxygen atoms in total. The maximum absolute atomic E-state index is 12.4. The van der Waals surface area contributed by atoms with E-state index in [1.54, 1.807) is 0 Å². The molecule has 0 aromatic heterocycles. The van der Waals surface area contributed by atoms with Crippen LogP contribution in [0.25, 0.3) is 0 Å². The summed E-state index contributed by atoms with van der Waals surface area (Å²) in [6, 6.07) is 4.23. The van der Waals surface area contributed by atoms with E-state index in [9.17, 15) is 30.0 Å². The third-order valence-electron chi connectivity index (χ3n) is 3.27. The predicted octanol–water partition coefficient (Wildman–Crippen LogP) is 1.35. The third kappa shape index (κ3) is 4.59. The van der Waals surface area contributed by atoms with Crippen molar-refractivity contribution in [3.63, 3.8) is 0 Å². The molecule has 1 aromatic rings. The fraction of sp³-hybridized carbons (Fsp3) is 0.455. The summed E-state index contributed by atoms with van der Waals surface area (Å²) < 4.78 is 85.0. The van der Waals surface area contributed by atoms with Crippen LogP contribution in [0.5, 0.6) is 0 Å². The molecule has 0 amide bonds. The molecular formula is C11H13F3N2O4S3. The van der Waals surface area contributed by atoms with Gasteiger partial charge < -0.3 is 0 Å². The highest BCUT2D eigenvalue weighted by Crippen LogP contribution is 2.37. The minimum absolute atomic E-state index is 0.0114. The van der Waals surface area contributed by atoms with Crippen molar-refractivity contribution in [2.45, 2.75) is 27.0 Å². The molecule has 2 rings (SSSR count). The number of halogens is 3. The van der Waals surface area contributed by atoms with Gasteiger partial charge in [0.15, 0.2) is 0 Å². The van der Waals surface area contributed by atoms with E-state index in [0.717, 1.165) is 28.6 Å². The van der Waals surface area contributed by atoms with Gasteiger partial charge in [0.1, 0.15) is 0 Å². The lowest BCUT2D eigenvalue weighted by Crippen LogP contribution is -2.34. The summed E-state index contributed by atoms with van der Waals surface area (Å²) in [4.78, 5) is -0.334. The van der Waals surface area contributed by atoms with Gasteiger partial charge in [0.25, 0.3) is 0 Å². The third-order valence-corrected chi connectivity index (χ3v) is 7.20. The van der Waals surface area contributed by atoms with Crippen LogP contribution in [0.2, 0.25) is 0 Å². The van der Waals surface area contributed by atoms with Crippen LogP contribution in [0.1, 0.15) is 6.42 Å². The second kappa shape index (κ2) is 6.24. The molecule has 0 radical (unpaired) electrons. The van der Waals surface area contributed by atoms with Crippen LogP contribution < -0.4 is 5.14 Å². The van der Waals surface area contributed by atoms with Gasteiger partial charge in [-0.15, -0.1) is 0 Å². The van der Waals surface area contributed by atoms with Crippen molar-refractivity contribution in [3.05, 3.63) is 24.3 Å². The largest absolute Gasteiger partial charge is 0.446 e. The molecule has 12 heteroatoms. The Morgan fingerprint density at radius 2 is 1.70 bits per heavy atom. The molecule has 0 aliphatic carbocycles. The lowest BCUT2D eigenvalue weighted by molar-refractivity contribution is -0.0328. The van der Waals surface area contributed by atoms with Gasteiger partial charge >= 0.3 is 5.51 Å². The van der Waals surface area contributed by atoms with E-state index in [4.69, 9.17) is 5.14 Å². The van der Waals surface area contributed by atoms with Gasteiger partial charge in [-0.3, -0.25) is 0 Å². The zero-order valence-electron chi connectivity index (χ0n) is 11.5. The Morgan fingerprint density at radius 3 is 2.13 bits per heavy atom. The maximum Gasteiger partial charge on any atom is 0.446 e. The number of rotatable bonds is 4. The molecule has 1 aliphatic heterocycles. The van der Waals surface area contributed by atoms with E-state index in [-0.39, 0.29) is 41.1 Å². The van der Waals surface area contributed by atoms with Crippen molar-refractivity contribution in [2.24, 2.45) is 5.14 Å². The van der Waals surface area contributed by atoms with Crippen molar-refractivity contribution >= 4 is 31.8 Å². The fourth-order valence-corrected chi connectivity index (χ4v) is 5.10. The molecule has 0 spiro atoms. The normalized spacial score (nSPS) is 20.8. The molecule has 130 valence electrons. The van der Waals surface area contributed by atoms with Crippen molar-refractivity contribution in [3.8, 4) is 0 Å². The molecule has 1 fully saturated rings. The second-order valence-electron chi connectivity index (χ2n) is 4.88. The molecule has 1 aliphatic rings. The Hall–Kier alpha value is -0.820. The number of thioether (sulfide) groups is 1. The molecular weight excluding hydrogens is 377 g/mol. The highest BCUT2D eigenvalue weighted by Gasteiger charge is 2.37. The number of hydrogen-bond donors (Lipinski definition) is 1. The maximum atomic E-state index is 12.4. The van der Waals surface area contributed by atoms with E-state index < -0.39 is 30.8 Å². The average molecular weight is 390 g/mol. The summed E-state index contributed by atoms with van der Waals surface area (Å²) in [5.41, 5.74) is -4.46. The van der Waals surface area contributed by atoms with Crippen molar-refractivity contribution in [2.75, 3.05) is 13.1 Å². The lowest BCUT2D eigenvalue weighted by Gasteiger charge is -2.16. The van der Waals surface area contributed by atoms with Crippen LogP contribution in [0.3, 0.4) is 0 Å². The van der Waals surface area contributed by atoms with Gasteiger partial charge in [-0.05, 0) is 42.4 Å². The van der Waals surface area contributed by atoms with E-state index in [1.807, 2.05) is 0 Å². The van der Waals surface area contributed by atoms with Gasteiger partial charge in [-0.25, -0.2) is 22.0 Å². The monoisotopic (exact) mass is 390 g/mol. The summed E-state index contributed by atoms with van der Waals surface area (Å²) >= 11 is -0.348. The van der Waals surface area contributed by atoms with Crippen molar-refractivity contribution in [1.82, 2.24) is 4.31 Å². The number of alkyl halides is 3. The summed E-state index contributed by atoms with van der Waals surface area (Å²) in [6.07, 6.45) is 0.0834. The summed E-state index contributed by atoms with van der Waals surface area (Å²) in [5, 5.41) is 4.03. The van der Waals surface area contributed by atoms with Gasteiger partial charge in [0.2, 0.25) is 20.0 Å². The van der Waals surface area contributed by atoms with Crippen LogP contribution in [-0.2, 0) is 20.0 Å². The van der Waals surface area contributed by atoms with Crippen LogP contribution in [0, 0.1) is 0 Å². The number of sulfonamides is 2. The Labute approximate surface area is 135 Å². The van der Waals surface area contributed by atoms with Gasteiger partial charge in [-0.1, -0.05) is 0 Å². The predicted molar refractivity (Wildman–Crippen MR) is 78.6 cm³/mol. The quantitative estimate of drug-likeness (QED) is 0.783. The highest BCUT2D eigenvalue weighted by molar-refractivity contribution is 8.00. The second-order valence-corrected chi connectivity index (χ2v) is 9.80. The van der Waals surface area contributed by atoms with Crippen molar-refractivity contribution < 1.29 is 30.0 Å². The fourth-order valence-electron chi connectivity index (χ4n) is 2.15. The minimum Gasteiger partial charge on any atom is -0.228 e. The van der Waals surface area contributed by atoms with E-state index in [0.29, 0.717) is 0 Å². The first kappa shape index (κ1) is 18.5. The Bertz CT molecular complexity index is 776. The summed E-state index contributed by atoms with van der Waals surface area (Å²) in [7, 11) is -7.81. The number of benzene rings is 1. The van der Waals surface area contributed by atoms with Crippen molar-refractivity contribution in [1.29, 1.82) is 0 Å². The Kier molecular flexibility index (Phi) is 5.02. The van der Waals surface area contributed by atoms with Crippen LogP contribution >= 0.6 is 11.8 Å². The number of primary sulfonamides is 1. The lowest BCUT2D eigenvalue weighted by atomic mass is 10.4. The number of nitrogens with two attached hydrogens (primary N) is 1. The molecule has 0 saturated carbocycles. The number of nitrogens with zero attached hydrogens (tertiary/aromatic N) is 1. The zero-order valence-corrected chi connectivity index (χ0v) is 14.0. The summed E-state index contributed by atoms with van der Waals surface area (Å²) in [6.45, 7) is -0.275. The van der Waals surface area contributed by atoms with Gasteiger partial charge in [-0.2, -0.15) is 17.5 Å². The first-order valence-corrected chi connectivity index (χ1v) is 10.1. The van der Waals surface area contributed by atoms with E-state index in [1.165, 1.54) is 0 Å². The zero-order chi connectivity index (χ0) is 17.5. The minimum atomic E-state index is -4.46. The molecule has 2 N–H and O–H groups in total. The molecule has 0 unspecified atom stereocenters. The molecule has 1 saturated heterocycles.